The van der Waals surface area contributed by atoms with Crippen molar-refractivity contribution in [1.82, 2.24) is 25.4 Å². The minimum atomic E-state index is -0.657. The van der Waals surface area contributed by atoms with Crippen LogP contribution < -0.4 is 10.6 Å². The largest absolute Gasteiger partial charge is 0.386 e. The van der Waals surface area contributed by atoms with Crippen LogP contribution in [0.1, 0.15) is 36.0 Å². The zero-order valence-electron chi connectivity index (χ0n) is 16.3. The van der Waals surface area contributed by atoms with Gasteiger partial charge in [0.25, 0.3) is 0 Å². The number of aliphatic hydroxyl groups is 1. The number of aryl methyl sites for hydroxylation is 1. The molecule has 0 fully saturated rings. The minimum absolute atomic E-state index is 0. The topological polar surface area (TPSA) is 96.6 Å². The summed E-state index contributed by atoms with van der Waals surface area (Å²) in [6, 6.07) is 3.61. The van der Waals surface area contributed by atoms with Gasteiger partial charge in [-0.2, -0.15) is 0 Å². The summed E-state index contributed by atoms with van der Waals surface area (Å²) in [5.41, 5.74) is 0. The van der Waals surface area contributed by atoms with E-state index >= 15 is 0 Å². The number of ether oxygens (including phenoxy) is 1. The number of aliphatic hydroxyl groups excluding tert-OH is 1. The van der Waals surface area contributed by atoms with Gasteiger partial charge < -0.3 is 25.0 Å². The summed E-state index contributed by atoms with van der Waals surface area (Å²) in [6.45, 7) is 6.70. The Kier molecular flexibility index (Phi) is 11.9. The first-order chi connectivity index (χ1) is 13.0. The van der Waals surface area contributed by atoms with Crippen molar-refractivity contribution in [2.45, 2.75) is 32.9 Å². The number of nitrogens with one attached hydrogen (secondary N) is 2. The highest BCUT2D eigenvalue weighted by atomic mass is 127. The number of hydrogen-bond acceptors (Lipinski definition) is 6. The molecule has 1 atom stereocenters. The maximum atomic E-state index is 10.3. The monoisotopic (exact) mass is 542 g/mol. The summed E-state index contributed by atoms with van der Waals surface area (Å²) in [7, 11) is 1.91. The van der Waals surface area contributed by atoms with E-state index in [0.717, 1.165) is 22.9 Å². The molecule has 8 nitrogen and oxygen atoms in total. The fourth-order valence-electron chi connectivity index (χ4n) is 2.24. The molecule has 158 valence electrons. The van der Waals surface area contributed by atoms with Crippen molar-refractivity contribution in [3.8, 4) is 0 Å². The van der Waals surface area contributed by atoms with Crippen LogP contribution in [0.2, 0.25) is 4.34 Å². The van der Waals surface area contributed by atoms with Crippen molar-refractivity contribution >= 4 is 52.9 Å². The molecular formula is C17H28ClIN6O2S. The average Bonchev–Trinajstić information content (AvgIpc) is 3.23. The molecule has 0 radical (unpaired) electrons. The van der Waals surface area contributed by atoms with Gasteiger partial charge in [-0.1, -0.05) is 11.6 Å². The third-order valence-electron chi connectivity index (χ3n) is 3.91. The normalized spacial score (nSPS) is 12.5. The summed E-state index contributed by atoms with van der Waals surface area (Å²) in [4.78, 5) is 5.37. The van der Waals surface area contributed by atoms with Crippen molar-refractivity contribution < 1.29 is 9.84 Å². The lowest BCUT2D eigenvalue weighted by Gasteiger charge is -2.15. The van der Waals surface area contributed by atoms with Gasteiger partial charge in [0.05, 0.1) is 4.34 Å². The van der Waals surface area contributed by atoms with E-state index in [4.69, 9.17) is 16.3 Å². The lowest BCUT2D eigenvalue weighted by molar-refractivity contribution is 0.145. The number of guanidine groups is 1. The number of aromatic nitrogens is 3. The fraction of sp³-hybridized carbons (Fsp3) is 0.588. The summed E-state index contributed by atoms with van der Waals surface area (Å²) in [5.74, 6) is 2.21. The van der Waals surface area contributed by atoms with Gasteiger partial charge in [0.2, 0.25) is 0 Å². The molecule has 2 aromatic heterocycles. The first-order valence-electron chi connectivity index (χ1n) is 8.89. The maximum absolute atomic E-state index is 10.3. The van der Waals surface area contributed by atoms with Crippen LogP contribution in [0.3, 0.4) is 0 Å². The quantitative estimate of drug-likeness (QED) is 0.185. The van der Waals surface area contributed by atoms with Crippen molar-refractivity contribution in [2.75, 3.05) is 26.3 Å². The second-order valence-corrected chi connectivity index (χ2v) is 7.65. The molecule has 0 bridgehead atoms. The lowest BCUT2D eigenvalue weighted by Crippen LogP contribution is -2.40. The Balaban J connectivity index is 0.00000392. The maximum Gasteiger partial charge on any atom is 0.191 e. The number of nitrogens with zero attached hydrogens (tertiary/aromatic N) is 4. The molecule has 0 aliphatic carbocycles. The molecule has 0 saturated heterocycles. The van der Waals surface area contributed by atoms with E-state index in [2.05, 4.69) is 25.8 Å². The third-order valence-corrected chi connectivity index (χ3v) is 5.24. The van der Waals surface area contributed by atoms with Gasteiger partial charge in [-0.05, 0) is 32.4 Å². The van der Waals surface area contributed by atoms with Gasteiger partial charge in [0.15, 0.2) is 11.8 Å². The molecule has 0 saturated carbocycles. The molecule has 0 aromatic carbocycles. The zero-order valence-corrected chi connectivity index (χ0v) is 20.2. The fourth-order valence-corrected chi connectivity index (χ4v) is 3.29. The Bertz CT molecular complexity index is 739. The molecule has 2 aromatic rings. The Morgan fingerprint density at radius 2 is 2.18 bits per heavy atom. The molecule has 0 amide bonds. The predicted octanol–water partition coefficient (Wildman–Crippen LogP) is 2.65. The van der Waals surface area contributed by atoms with Crippen molar-refractivity contribution in [3.05, 3.63) is 33.0 Å². The van der Waals surface area contributed by atoms with Crippen molar-refractivity contribution in [1.29, 1.82) is 0 Å². The van der Waals surface area contributed by atoms with Gasteiger partial charge in [0.1, 0.15) is 18.5 Å². The van der Waals surface area contributed by atoms with Gasteiger partial charge >= 0.3 is 0 Å². The van der Waals surface area contributed by atoms with E-state index < -0.39 is 6.10 Å². The molecule has 0 spiro atoms. The first kappa shape index (κ1) is 25.1. The second-order valence-electron chi connectivity index (χ2n) is 5.90. The minimum Gasteiger partial charge on any atom is -0.386 e. The van der Waals surface area contributed by atoms with Crippen molar-refractivity contribution in [3.63, 3.8) is 0 Å². The standard InChI is InChI=1S/C17H27ClN6O2S.HI/c1-4-26-9-5-8-19-17(21-11-16-23-22-12(2)24(16)3)20-10-13(25)14-6-7-15(18)27-14;/h6-7,13,25H,4-5,8-11H2,1-3H3,(H2,19,20,21);1H. The molecular weight excluding hydrogens is 515 g/mol. The summed E-state index contributed by atoms with van der Waals surface area (Å²) < 4.78 is 7.91. The van der Waals surface area contributed by atoms with E-state index in [-0.39, 0.29) is 24.0 Å². The smallest absolute Gasteiger partial charge is 0.191 e. The van der Waals surface area contributed by atoms with Crippen LogP contribution in [0, 0.1) is 6.92 Å². The molecule has 2 rings (SSSR count). The van der Waals surface area contributed by atoms with Crippen molar-refractivity contribution in [2.24, 2.45) is 12.0 Å². The molecule has 28 heavy (non-hydrogen) atoms. The Morgan fingerprint density at radius 3 is 2.79 bits per heavy atom. The van der Waals surface area contributed by atoms with Crippen LogP contribution in [-0.2, 0) is 18.3 Å². The van der Waals surface area contributed by atoms with Crippen LogP contribution in [0.15, 0.2) is 17.1 Å². The molecule has 11 heteroatoms. The van der Waals surface area contributed by atoms with E-state index in [9.17, 15) is 5.11 Å². The van der Waals surface area contributed by atoms with E-state index in [1.807, 2.05) is 31.5 Å². The Morgan fingerprint density at radius 1 is 1.39 bits per heavy atom. The highest BCUT2D eigenvalue weighted by Crippen LogP contribution is 2.26. The van der Waals surface area contributed by atoms with Crippen LogP contribution in [-0.4, -0.2) is 52.1 Å². The van der Waals surface area contributed by atoms with Crippen LogP contribution in [0.25, 0.3) is 0 Å². The van der Waals surface area contributed by atoms with Crippen LogP contribution >= 0.6 is 46.9 Å². The molecule has 1 unspecified atom stereocenters. The molecule has 0 aliphatic rings. The second kappa shape index (κ2) is 13.3. The van der Waals surface area contributed by atoms with Gasteiger partial charge in [-0.3, -0.25) is 0 Å². The van der Waals surface area contributed by atoms with E-state index in [1.165, 1.54) is 11.3 Å². The van der Waals surface area contributed by atoms with E-state index in [1.54, 1.807) is 6.07 Å². The number of hydrogen-bond donors (Lipinski definition) is 3. The SMILES string of the molecule is CCOCCCNC(=NCc1nnc(C)n1C)NCC(O)c1ccc(Cl)s1.I. The zero-order chi connectivity index (χ0) is 19.6. The highest BCUT2D eigenvalue weighted by molar-refractivity contribution is 14.0. The average molecular weight is 543 g/mol. The van der Waals surface area contributed by atoms with Gasteiger partial charge in [0, 0.05) is 38.2 Å². The predicted molar refractivity (Wildman–Crippen MR) is 124 cm³/mol. The lowest BCUT2D eigenvalue weighted by atomic mass is 10.3. The molecule has 2 heterocycles. The number of halogens is 2. The van der Waals surface area contributed by atoms with E-state index in [0.29, 0.717) is 43.1 Å². The summed E-state index contributed by atoms with van der Waals surface area (Å²) in [5, 5.41) is 24.9. The highest BCUT2D eigenvalue weighted by Gasteiger charge is 2.11. The molecule has 3 N–H and O–H groups in total. The van der Waals surface area contributed by atoms with Crippen LogP contribution in [0.5, 0.6) is 0 Å². The number of aliphatic imine (C=N–C) groups is 1. The Labute approximate surface area is 191 Å². The Hall–Kier alpha value is -0.950. The number of thiophene rings is 1. The summed E-state index contributed by atoms with van der Waals surface area (Å²) >= 11 is 7.30. The van der Waals surface area contributed by atoms with Crippen LogP contribution in [0.4, 0.5) is 0 Å². The number of rotatable bonds is 10. The van der Waals surface area contributed by atoms with Gasteiger partial charge in [-0.25, -0.2) is 4.99 Å². The third kappa shape index (κ3) is 8.19. The molecule has 0 aliphatic heterocycles. The van der Waals surface area contributed by atoms with Gasteiger partial charge in [-0.15, -0.1) is 45.5 Å². The first-order valence-corrected chi connectivity index (χ1v) is 10.1. The summed E-state index contributed by atoms with van der Waals surface area (Å²) in [6.07, 6.45) is 0.204.